The smallest absolute Gasteiger partial charge is 0.0140 e. The number of hydrogen-bond acceptors (Lipinski definition) is 0. The molecule has 0 saturated carbocycles. The van der Waals surface area contributed by atoms with Crippen LogP contribution in [0.2, 0.25) is 0 Å². The second kappa shape index (κ2) is 11.6. The van der Waals surface area contributed by atoms with Gasteiger partial charge in [-0.1, -0.05) is 181 Å². The lowest BCUT2D eigenvalue weighted by molar-refractivity contribution is 0.340. The summed E-state index contributed by atoms with van der Waals surface area (Å²) in [5, 5.41) is 2.80. The van der Waals surface area contributed by atoms with Gasteiger partial charge in [-0.15, -0.1) is 0 Å². The van der Waals surface area contributed by atoms with Gasteiger partial charge in [-0.25, -0.2) is 0 Å². The average Bonchev–Trinajstić information content (AvgIpc) is 3.09. The maximum absolute atomic E-state index is 2.62. The van der Waals surface area contributed by atoms with Gasteiger partial charge in [0.05, 0.1) is 0 Å². The highest BCUT2D eigenvalue weighted by Gasteiger charge is 2.41. The van der Waals surface area contributed by atoms with Crippen molar-refractivity contribution in [1.29, 1.82) is 0 Å². The molecule has 0 amide bonds. The molecule has 0 heteroatoms. The molecule has 6 atom stereocenters. The van der Waals surface area contributed by atoms with Crippen LogP contribution in [0.3, 0.4) is 0 Å². The van der Waals surface area contributed by atoms with Gasteiger partial charge in [-0.2, -0.15) is 0 Å². The average molecular weight is 625 g/mol. The van der Waals surface area contributed by atoms with Crippen LogP contribution >= 0.6 is 0 Å². The summed E-state index contributed by atoms with van der Waals surface area (Å²) < 4.78 is 0. The fourth-order valence-electron chi connectivity index (χ4n) is 8.80. The summed E-state index contributed by atoms with van der Waals surface area (Å²) in [7, 11) is 0. The molecule has 48 heavy (non-hydrogen) atoms. The highest BCUT2D eigenvalue weighted by atomic mass is 14.4. The lowest BCUT2D eigenvalue weighted by Gasteiger charge is -2.43. The molecule has 3 aromatic carbocycles. The molecule has 0 N–H and O–H groups in total. The summed E-state index contributed by atoms with van der Waals surface area (Å²) in [5.74, 6) is 2.29. The topological polar surface area (TPSA) is 0 Å². The summed E-state index contributed by atoms with van der Waals surface area (Å²) >= 11 is 0. The maximum Gasteiger partial charge on any atom is 0.0140 e. The van der Waals surface area contributed by atoms with E-state index in [1.807, 2.05) is 0 Å². The number of hydrogen-bond donors (Lipinski definition) is 0. The SMILES string of the molecule is CC(C)(C)C1=CC2C(c3cccc(-c4ccccc4)c3)=c3ccc(C(C)(C)C)cc3=C(C3=CC=CC4C3C=CC3C=CC=CC34)C2C=C1. The fraction of sp³-hybridized carbons (Fsp3) is 0.292. The zero-order chi connectivity index (χ0) is 33.2. The van der Waals surface area contributed by atoms with Crippen LogP contribution in [0.4, 0.5) is 0 Å². The van der Waals surface area contributed by atoms with Crippen molar-refractivity contribution < 1.29 is 0 Å². The van der Waals surface area contributed by atoms with E-state index in [0.29, 0.717) is 23.7 Å². The first-order valence-corrected chi connectivity index (χ1v) is 18.0. The summed E-state index contributed by atoms with van der Waals surface area (Å²) in [6, 6.07) is 27.5. The van der Waals surface area contributed by atoms with Crippen molar-refractivity contribution in [3.8, 4) is 11.1 Å². The number of allylic oxidation sites excluding steroid dienone is 14. The van der Waals surface area contributed by atoms with E-state index in [2.05, 4.69) is 187 Å². The fourth-order valence-corrected chi connectivity index (χ4v) is 8.80. The second-order valence-corrected chi connectivity index (χ2v) is 16.5. The van der Waals surface area contributed by atoms with Gasteiger partial charge in [0.2, 0.25) is 0 Å². The zero-order valence-corrected chi connectivity index (χ0v) is 29.3. The first-order valence-electron chi connectivity index (χ1n) is 18.0. The van der Waals surface area contributed by atoms with Crippen LogP contribution in [0, 0.1) is 40.9 Å². The molecule has 5 aliphatic carbocycles. The van der Waals surface area contributed by atoms with Gasteiger partial charge >= 0.3 is 0 Å². The third kappa shape index (κ3) is 5.31. The van der Waals surface area contributed by atoms with Crippen LogP contribution < -0.4 is 10.4 Å². The van der Waals surface area contributed by atoms with Crippen LogP contribution in [-0.4, -0.2) is 0 Å². The molecule has 3 aromatic rings. The summed E-state index contributed by atoms with van der Waals surface area (Å²) in [6.45, 7) is 14.1. The zero-order valence-electron chi connectivity index (χ0n) is 29.3. The summed E-state index contributed by atoms with van der Waals surface area (Å²) in [5.41, 5.74) is 11.2. The molecule has 240 valence electrons. The molecule has 6 unspecified atom stereocenters. The Morgan fingerprint density at radius 3 is 2.04 bits per heavy atom. The van der Waals surface area contributed by atoms with E-state index >= 15 is 0 Å². The second-order valence-electron chi connectivity index (χ2n) is 16.5. The van der Waals surface area contributed by atoms with E-state index in [0.717, 1.165) is 0 Å². The van der Waals surface area contributed by atoms with Crippen LogP contribution in [0.25, 0.3) is 22.3 Å². The molecule has 8 rings (SSSR count). The van der Waals surface area contributed by atoms with E-state index in [1.165, 1.54) is 55.0 Å². The Bertz CT molecular complexity index is 2110. The summed E-state index contributed by atoms with van der Waals surface area (Å²) in [6.07, 6.45) is 29.2. The molecule has 0 bridgehead atoms. The standard InChI is InChI=1S/C48H48/c1-47(2,3)35-24-27-42-43(29-35)45(34-18-12-17-33(28-34)31-14-8-7-9-15-31)41-26-23-36(48(4,5)6)30-44(41)46(42)40-21-13-20-38-37-19-11-10-16-32(37)22-25-39(38)40/h7-30,32,37-39,42-43H,1-6H3. The molecule has 0 aliphatic heterocycles. The van der Waals surface area contributed by atoms with Gasteiger partial charge in [0, 0.05) is 23.7 Å². The monoisotopic (exact) mass is 624 g/mol. The van der Waals surface area contributed by atoms with Crippen molar-refractivity contribution in [2.75, 3.05) is 0 Å². The number of fused-ring (bicyclic) bond motifs is 5. The normalized spacial score (nSPS) is 27.1. The van der Waals surface area contributed by atoms with E-state index in [-0.39, 0.29) is 22.7 Å². The van der Waals surface area contributed by atoms with Gasteiger partial charge < -0.3 is 0 Å². The quantitative estimate of drug-likeness (QED) is 0.254. The predicted octanol–water partition coefficient (Wildman–Crippen LogP) is 10.4. The highest BCUT2D eigenvalue weighted by molar-refractivity contribution is 5.83. The number of rotatable bonds is 3. The van der Waals surface area contributed by atoms with E-state index in [1.54, 1.807) is 0 Å². The van der Waals surface area contributed by atoms with Gasteiger partial charge in [0.25, 0.3) is 0 Å². The minimum Gasteiger partial charge on any atom is -0.0804 e. The van der Waals surface area contributed by atoms with Crippen molar-refractivity contribution in [3.63, 3.8) is 0 Å². The van der Waals surface area contributed by atoms with Crippen molar-refractivity contribution >= 4 is 11.1 Å². The Kier molecular flexibility index (Phi) is 7.48. The van der Waals surface area contributed by atoms with Gasteiger partial charge in [0.1, 0.15) is 0 Å². The molecule has 0 spiro atoms. The van der Waals surface area contributed by atoms with Crippen LogP contribution in [0.5, 0.6) is 0 Å². The van der Waals surface area contributed by atoms with Crippen LogP contribution in [0.1, 0.15) is 52.7 Å². The third-order valence-electron chi connectivity index (χ3n) is 11.4. The Labute approximate surface area is 287 Å². The van der Waals surface area contributed by atoms with Crippen molar-refractivity contribution in [2.45, 2.75) is 47.0 Å². The van der Waals surface area contributed by atoms with Crippen molar-refractivity contribution in [1.82, 2.24) is 0 Å². The summed E-state index contributed by atoms with van der Waals surface area (Å²) in [4.78, 5) is 0. The maximum atomic E-state index is 2.62. The first kappa shape index (κ1) is 30.9. The molecule has 0 nitrogen and oxygen atoms in total. The minimum atomic E-state index is 0.0483. The lowest BCUT2D eigenvalue weighted by Crippen LogP contribution is -2.43. The van der Waals surface area contributed by atoms with E-state index in [9.17, 15) is 0 Å². The van der Waals surface area contributed by atoms with Gasteiger partial charge in [0.15, 0.2) is 0 Å². The molecular weight excluding hydrogens is 577 g/mol. The highest BCUT2D eigenvalue weighted by Crippen LogP contribution is 2.50. The molecule has 0 heterocycles. The molecule has 5 aliphatic rings. The minimum absolute atomic E-state index is 0.0483. The van der Waals surface area contributed by atoms with Gasteiger partial charge in [-0.3, -0.25) is 0 Å². The Morgan fingerprint density at radius 2 is 1.25 bits per heavy atom. The van der Waals surface area contributed by atoms with Gasteiger partial charge in [-0.05, 0) is 83.7 Å². The van der Waals surface area contributed by atoms with E-state index in [4.69, 9.17) is 0 Å². The predicted molar refractivity (Wildman–Crippen MR) is 204 cm³/mol. The van der Waals surface area contributed by atoms with E-state index < -0.39 is 0 Å². The molecule has 0 saturated heterocycles. The molecular formula is C48H48. The Morgan fingerprint density at radius 1 is 0.500 bits per heavy atom. The number of benzene rings is 3. The van der Waals surface area contributed by atoms with Crippen molar-refractivity contribution in [3.05, 3.63) is 178 Å². The Balaban J connectivity index is 1.43. The van der Waals surface area contributed by atoms with Crippen LogP contribution in [0.15, 0.2) is 157 Å². The third-order valence-corrected chi connectivity index (χ3v) is 11.4. The Hall–Kier alpha value is -4.42. The molecule has 0 aromatic heterocycles. The van der Waals surface area contributed by atoms with Crippen LogP contribution in [-0.2, 0) is 5.41 Å². The lowest BCUT2D eigenvalue weighted by atomic mass is 9.60. The first-order chi connectivity index (χ1) is 23.1. The molecule has 0 fully saturated rings. The van der Waals surface area contributed by atoms with Crippen molar-refractivity contribution in [2.24, 2.45) is 40.9 Å². The largest absolute Gasteiger partial charge is 0.0804 e. The molecule has 0 radical (unpaired) electrons.